The van der Waals surface area contributed by atoms with Gasteiger partial charge in [-0.2, -0.15) is 0 Å². The lowest BCUT2D eigenvalue weighted by molar-refractivity contribution is 0.0620. The third kappa shape index (κ3) is 6.78. The number of aromatic nitrogens is 1. The Hall–Kier alpha value is -3.41. The van der Waals surface area contributed by atoms with Gasteiger partial charge >= 0.3 is 0 Å². The van der Waals surface area contributed by atoms with Crippen LogP contribution in [0.4, 0.5) is 4.39 Å². The zero-order valence-electron chi connectivity index (χ0n) is 18.6. The molecule has 0 saturated heterocycles. The predicted molar refractivity (Wildman–Crippen MR) is 128 cm³/mol. The number of benzene rings is 3. The predicted octanol–water partition coefficient (Wildman–Crippen LogP) is 5.12. The Morgan fingerprint density at radius 1 is 0.818 bits per heavy atom. The summed E-state index contributed by atoms with van der Waals surface area (Å²) in [6.45, 7) is 2.44. The van der Waals surface area contributed by atoms with Crippen LogP contribution in [0, 0.1) is 5.82 Å². The SMILES string of the molecule is O[C@@H](COc1ccccc1)CN(Cc1ccccc1)Cc1cccn1Cc1ccccc1F. The Labute approximate surface area is 194 Å². The number of rotatable bonds is 11. The first-order valence-corrected chi connectivity index (χ1v) is 11.2. The maximum atomic E-state index is 14.2. The summed E-state index contributed by atoms with van der Waals surface area (Å²) >= 11 is 0. The number of hydrogen-bond donors (Lipinski definition) is 1. The van der Waals surface area contributed by atoms with Crippen molar-refractivity contribution < 1.29 is 14.2 Å². The second kappa shape index (κ2) is 11.5. The van der Waals surface area contributed by atoms with Gasteiger partial charge < -0.3 is 14.4 Å². The summed E-state index contributed by atoms with van der Waals surface area (Å²) in [5, 5.41) is 10.7. The smallest absolute Gasteiger partial charge is 0.128 e. The molecule has 4 rings (SSSR count). The van der Waals surface area contributed by atoms with E-state index in [1.807, 2.05) is 79.0 Å². The number of aliphatic hydroxyl groups excluding tert-OH is 1. The molecule has 0 amide bonds. The quantitative estimate of drug-likeness (QED) is 0.349. The monoisotopic (exact) mass is 444 g/mol. The van der Waals surface area contributed by atoms with Gasteiger partial charge in [-0.3, -0.25) is 4.90 Å². The largest absolute Gasteiger partial charge is 0.491 e. The van der Waals surface area contributed by atoms with E-state index in [-0.39, 0.29) is 12.4 Å². The summed E-state index contributed by atoms with van der Waals surface area (Å²) in [4.78, 5) is 2.20. The average molecular weight is 445 g/mol. The molecule has 0 aliphatic carbocycles. The van der Waals surface area contributed by atoms with Crippen LogP contribution >= 0.6 is 0 Å². The molecule has 33 heavy (non-hydrogen) atoms. The Balaban J connectivity index is 1.45. The lowest BCUT2D eigenvalue weighted by Gasteiger charge is -2.26. The van der Waals surface area contributed by atoms with Gasteiger partial charge in [0.05, 0.1) is 6.54 Å². The van der Waals surface area contributed by atoms with Crippen molar-refractivity contribution in [2.45, 2.75) is 25.7 Å². The van der Waals surface area contributed by atoms with E-state index >= 15 is 0 Å². The molecule has 0 radical (unpaired) electrons. The summed E-state index contributed by atoms with van der Waals surface area (Å²) in [5.74, 6) is 0.539. The maximum absolute atomic E-state index is 14.2. The highest BCUT2D eigenvalue weighted by Gasteiger charge is 2.16. The fourth-order valence-corrected chi connectivity index (χ4v) is 3.87. The number of ether oxygens (including phenoxy) is 1. The molecular formula is C28H29FN2O2. The van der Waals surface area contributed by atoms with E-state index in [9.17, 15) is 9.50 Å². The maximum Gasteiger partial charge on any atom is 0.128 e. The first-order chi connectivity index (χ1) is 16.2. The molecule has 0 bridgehead atoms. The first kappa shape index (κ1) is 22.8. The highest BCUT2D eigenvalue weighted by atomic mass is 19.1. The molecule has 170 valence electrons. The van der Waals surface area contributed by atoms with Gasteiger partial charge in [0.15, 0.2) is 0 Å². The van der Waals surface area contributed by atoms with Crippen LogP contribution in [-0.2, 0) is 19.6 Å². The van der Waals surface area contributed by atoms with Gasteiger partial charge in [-0.05, 0) is 35.9 Å². The molecule has 0 fully saturated rings. The number of aliphatic hydroxyl groups is 1. The van der Waals surface area contributed by atoms with Gasteiger partial charge in [0.1, 0.15) is 24.3 Å². The highest BCUT2D eigenvalue weighted by Crippen LogP contribution is 2.16. The van der Waals surface area contributed by atoms with Gasteiger partial charge in [-0.1, -0.05) is 66.7 Å². The number of hydrogen-bond acceptors (Lipinski definition) is 3. The van der Waals surface area contributed by atoms with E-state index in [1.165, 1.54) is 11.6 Å². The molecule has 1 heterocycles. The number of halogens is 1. The standard InChI is InChI=1S/C28H29FN2O2/c29-28-16-8-7-12-24(28)19-31-17-9-13-25(31)20-30(18-23-10-3-1-4-11-23)21-26(32)22-33-27-14-5-2-6-15-27/h1-17,26,32H,18-22H2/t26-/m1/s1. The van der Waals surface area contributed by atoms with E-state index < -0.39 is 6.10 Å². The van der Waals surface area contributed by atoms with Crippen LogP contribution < -0.4 is 4.74 Å². The highest BCUT2D eigenvalue weighted by molar-refractivity contribution is 5.21. The second-order valence-corrected chi connectivity index (χ2v) is 8.15. The molecule has 0 saturated carbocycles. The summed E-state index contributed by atoms with van der Waals surface area (Å²) in [6, 6.07) is 30.6. The number of para-hydroxylation sites is 1. The minimum absolute atomic E-state index is 0.202. The Kier molecular flexibility index (Phi) is 7.90. The van der Waals surface area contributed by atoms with Crippen molar-refractivity contribution in [3.05, 3.63) is 126 Å². The molecule has 1 aromatic heterocycles. The van der Waals surface area contributed by atoms with Crippen molar-refractivity contribution in [3.8, 4) is 5.75 Å². The van der Waals surface area contributed by atoms with Crippen molar-refractivity contribution in [1.29, 1.82) is 0 Å². The van der Waals surface area contributed by atoms with Crippen molar-refractivity contribution in [2.75, 3.05) is 13.2 Å². The van der Waals surface area contributed by atoms with Crippen LogP contribution in [0.25, 0.3) is 0 Å². The summed E-state index contributed by atoms with van der Waals surface area (Å²) < 4.78 is 22.0. The molecule has 0 spiro atoms. The fourth-order valence-electron chi connectivity index (χ4n) is 3.87. The van der Waals surface area contributed by atoms with Gasteiger partial charge in [0, 0.05) is 37.1 Å². The van der Waals surface area contributed by atoms with Gasteiger partial charge in [-0.25, -0.2) is 4.39 Å². The normalized spacial score (nSPS) is 12.1. The first-order valence-electron chi connectivity index (χ1n) is 11.2. The van der Waals surface area contributed by atoms with Crippen LogP contribution in [0.5, 0.6) is 5.75 Å². The summed E-state index contributed by atoms with van der Waals surface area (Å²) in [5.41, 5.74) is 2.88. The van der Waals surface area contributed by atoms with Crippen LogP contribution in [0.1, 0.15) is 16.8 Å². The Bertz CT molecular complexity index is 1110. The van der Waals surface area contributed by atoms with Crippen LogP contribution in [0.2, 0.25) is 0 Å². The van der Waals surface area contributed by atoms with Crippen molar-refractivity contribution in [1.82, 2.24) is 9.47 Å². The zero-order valence-corrected chi connectivity index (χ0v) is 18.6. The molecule has 3 aromatic carbocycles. The van der Waals surface area contributed by atoms with Gasteiger partial charge in [-0.15, -0.1) is 0 Å². The van der Waals surface area contributed by atoms with E-state index in [1.54, 1.807) is 6.07 Å². The van der Waals surface area contributed by atoms with Gasteiger partial charge in [0.25, 0.3) is 0 Å². The molecular weight excluding hydrogens is 415 g/mol. The Morgan fingerprint density at radius 2 is 1.52 bits per heavy atom. The second-order valence-electron chi connectivity index (χ2n) is 8.15. The van der Waals surface area contributed by atoms with Crippen molar-refractivity contribution in [2.24, 2.45) is 0 Å². The molecule has 1 atom stereocenters. The lowest BCUT2D eigenvalue weighted by Crippen LogP contribution is -2.35. The topological polar surface area (TPSA) is 37.6 Å². The third-order valence-electron chi connectivity index (χ3n) is 5.51. The molecule has 5 heteroatoms. The molecule has 4 nitrogen and oxygen atoms in total. The molecule has 4 aromatic rings. The molecule has 0 unspecified atom stereocenters. The van der Waals surface area contributed by atoms with E-state index in [2.05, 4.69) is 21.6 Å². The summed E-state index contributed by atoms with van der Waals surface area (Å²) in [6.07, 6.45) is 1.32. The molecule has 1 N–H and O–H groups in total. The van der Waals surface area contributed by atoms with E-state index in [4.69, 9.17) is 4.74 Å². The summed E-state index contributed by atoms with van der Waals surface area (Å²) in [7, 11) is 0. The van der Waals surface area contributed by atoms with Crippen LogP contribution in [0.15, 0.2) is 103 Å². The van der Waals surface area contributed by atoms with Crippen LogP contribution in [0.3, 0.4) is 0 Å². The minimum atomic E-state index is -0.649. The lowest BCUT2D eigenvalue weighted by atomic mass is 10.2. The zero-order chi connectivity index (χ0) is 22.9. The van der Waals surface area contributed by atoms with E-state index in [0.29, 0.717) is 31.7 Å². The Morgan fingerprint density at radius 3 is 2.27 bits per heavy atom. The van der Waals surface area contributed by atoms with E-state index in [0.717, 1.165) is 11.4 Å². The molecule has 0 aliphatic heterocycles. The molecule has 0 aliphatic rings. The van der Waals surface area contributed by atoms with Crippen molar-refractivity contribution in [3.63, 3.8) is 0 Å². The van der Waals surface area contributed by atoms with Crippen LogP contribution in [-0.4, -0.2) is 33.8 Å². The third-order valence-corrected chi connectivity index (χ3v) is 5.51. The van der Waals surface area contributed by atoms with Gasteiger partial charge in [0.2, 0.25) is 0 Å². The van der Waals surface area contributed by atoms with Crippen molar-refractivity contribution >= 4 is 0 Å². The minimum Gasteiger partial charge on any atom is -0.491 e. The fraction of sp³-hybridized carbons (Fsp3) is 0.214. The number of nitrogens with zero attached hydrogens (tertiary/aromatic N) is 2. The average Bonchev–Trinajstić information content (AvgIpc) is 3.27.